The molecule has 1 saturated carbocycles. The minimum atomic E-state index is -0.541. The van der Waals surface area contributed by atoms with Gasteiger partial charge in [-0.25, -0.2) is 0 Å². The number of Topliss-reactive ketones (excluding diaryl/α,β-unsaturated/α-hetero) is 1. The number of hydrogen-bond donors (Lipinski definition) is 0. The number of hydrogen-bond acceptors (Lipinski definition) is 3. The molecule has 0 amide bonds. The molecular formula is C15H24N2O2. The first-order valence-electron chi connectivity index (χ1n) is 7.31. The van der Waals surface area contributed by atoms with Crippen molar-refractivity contribution in [2.24, 2.45) is 7.05 Å². The van der Waals surface area contributed by atoms with Crippen LogP contribution in [0.5, 0.6) is 0 Å². The zero-order valence-corrected chi connectivity index (χ0v) is 12.0. The molecule has 2 rings (SSSR count). The lowest BCUT2D eigenvalue weighted by molar-refractivity contribution is -0.145. The Labute approximate surface area is 115 Å². The molecule has 0 bridgehead atoms. The first kappa shape index (κ1) is 14.3. The summed E-state index contributed by atoms with van der Waals surface area (Å²) < 4.78 is 7.65. The lowest BCUT2D eigenvalue weighted by Gasteiger charge is -2.31. The molecule has 1 aromatic rings. The highest BCUT2D eigenvalue weighted by atomic mass is 16.5. The van der Waals surface area contributed by atoms with E-state index < -0.39 is 5.60 Å². The molecule has 1 aromatic heterocycles. The van der Waals surface area contributed by atoms with Gasteiger partial charge in [-0.2, -0.15) is 5.10 Å². The molecule has 106 valence electrons. The molecule has 4 nitrogen and oxygen atoms in total. The third-order valence-corrected chi connectivity index (χ3v) is 3.96. The van der Waals surface area contributed by atoms with Gasteiger partial charge in [-0.15, -0.1) is 0 Å². The number of carbonyl (C=O) groups is 1. The van der Waals surface area contributed by atoms with Crippen LogP contribution in [-0.4, -0.2) is 27.8 Å². The van der Waals surface area contributed by atoms with E-state index in [2.05, 4.69) is 5.10 Å². The van der Waals surface area contributed by atoms with Crippen LogP contribution >= 0.6 is 0 Å². The maximum absolute atomic E-state index is 12.7. The lowest BCUT2D eigenvalue weighted by Crippen LogP contribution is -2.42. The van der Waals surface area contributed by atoms with Gasteiger partial charge in [0.05, 0.1) is 6.20 Å². The summed E-state index contributed by atoms with van der Waals surface area (Å²) in [7, 11) is 1.87. The standard InChI is InChI=1S/C15H24N2O2/c1-3-19-15(8-6-4-5-7-9-15)14(18)10-13-11-16-17(2)12-13/h11-12H,3-10H2,1-2H3. The molecule has 0 N–H and O–H groups in total. The van der Waals surface area contributed by atoms with E-state index in [0.717, 1.165) is 31.2 Å². The van der Waals surface area contributed by atoms with Crippen LogP contribution in [0.25, 0.3) is 0 Å². The van der Waals surface area contributed by atoms with E-state index in [1.807, 2.05) is 20.2 Å². The maximum atomic E-state index is 12.7. The Morgan fingerprint density at radius 1 is 1.37 bits per heavy atom. The Bertz CT molecular complexity index is 418. The van der Waals surface area contributed by atoms with Crippen molar-refractivity contribution in [3.63, 3.8) is 0 Å². The number of rotatable bonds is 5. The SMILES string of the molecule is CCOC1(C(=O)Cc2cnn(C)c2)CCCCCC1. The van der Waals surface area contributed by atoms with Crippen LogP contribution in [0, 0.1) is 0 Å². The summed E-state index contributed by atoms with van der Waals surface area (Å²) in [6, 6.07) is 0. The summed E-state index contributed by atoms with van der Waals surface area (Å²) in [5.74, 6) is 0.226. The third-order valence-electron chi connectivity index (χ3n) is 3.96. The van der Waals surface area contributed by atoms with Crippen molar-refractivity contribution in [2.45, 2.75) is 57.5 Å². The predicted octanol–water partition coefficient (Wildman–Crippen LogP) is 2.66. The number of nitrogens with zero attached hydrogens (tertiary/aromatic N) is 2. The van der Waals surface area contributed by atoms with Gasteiger partial charge in [0, 0.05) is 26.3 Å². The zero-order valence-electron chi connectivity index (χ0n) is 12.0. The van der Waals surface area contributed by atoms with Crippen LogP contribution in [0.4, 0.5) is 0 Å². The fourth-order valence-corrected chi connectivity index (χ4v) is 2.99. The second kappa shape index (κ2) is 6.33. The fraction of sp³-hybridized carbons (Fsp3) is 0.733. The molecule has 1 fully saturated rings. The van der Waals surface area contributed by atoms with Crippen molar-refractivity contribution in [3.05, 3.63) is 18.0 Å². The molecule has 1 aliphatic rings. The van der Waals surface area contributed by atoms with Crippen molar-refractivity contribution in [1.82, 2.24) is 9.78 Å². The highest BCUT2D eigenvalue weighted by Crippen LogP contribution is 2.32. The molecule has 19 heavy (non-hydrogen) atoms. The Morgan fingerprint density at radius 2 is 2.05 bits per heavy atom. The van der Waals surface area contributed by atoms with E-state index in [1.54, 1.807) is 10.9 Å². The van der Waals surface area contributed by atoms with E-state index in [0.29, 0.717) is 13.0 Å². The van der Waals surface area contributed by atoms with Crippen molar-refractivity contribution < 1.29 is 9.53 Å². The first-order chi connectivity index (χ1) is 9.16. The van der Waals surface area contributed by atoms with Gasteiger partial charge < -0.3 is 4.74 Å². The Balaban J connectivity index is 2.10. The summed E-state index contributed by atoms with van der Waals surface area (Å²) in [6.45, 7) is 2.59. The van der Waals surface area contributed by atoms with Crippen molar-refractivity contribution in [2.75, 3.05) is 6.61 Å². The monoisotopic (exact) mass is 264 g/mol. The number of ketones is 1. The lowest BCUT2D eigenvalue weighted by atomic mass is 9.86. The molecule has 0 aromatic carbocycles. The highest BCUT2D eigenvalue weighted by molar-refractivity contribution is 5.89. The average molecular weight is 264 g/mol. The van der Waals surface area contributed by atoms with Gasteiger partial charge in [0.1, 0.15) is 5.60 Å². The van der Waals surface area contributed by atoms with Gasteiger partial charge in [-0.3, -0.25) is 9.48 Å². The maximum Gasteiger partial charge on any atom is 0.169 e. The summed E-state index contributed by atoms with van der Waals surface area (Å²) in [5.41, 5.74) is 0.442. The molecule has 0 unspecified atom stereocenters. The Hall–Kier alpha value is -1.16. The molecule has 0 aliphatic heterocycles. The van der Waals surface area contributed by atoms with Crippen LogP contribution in [0.1, 0.15) is 51.0 Å². The van der Waals surface area contributed by atoms with E-state index in [9.17, 15) is 4.79 Å². The first-order valence-corrected chi connectivity index (χ1v) is 7.31. The molecule has 1 aliphatic carbocycles. The van der Waals surface area contributed by atoms with Crippen LogP contribution in [0.2, 0.25) is 0 Å². The van der Waals surface area contributed by atoms with Gasteiger partial charge in [-0.05, 0) is 25.3 Å². The number of ether oxygens (including phenoxy) is 1. The number of aromatic nitrogens is 2. The molecule has 0 radical (unpaired) electrons. The van der Waals surface area contributed by atoms with E-state index in [-0.39, 0.29) is 5.78 Å². The Morgan fingerprint density at radius 3 is 2.58 bits per heavy atom. The fourth-order valence-electron chi connectivity index (χ4n) is 2.99. The van der Waals surface area contributed by atoms with Gasteiger partial charge in [0.25, 0.3) is 0 Å². The molecule has 0 saturated heterocycles. The molecule has 0 spiro atoms. The molecule has 0 atom stereocenters. The van der Waals surface area contributed by atoms with Crippen LogP contribution in [-0.2, 0) is 23.0 Å². The normalized spacial score (nSPS) is 19.1. The van der Waals surface area contributed by atoms with Gasteiger partial charge in [-0.1, -0.05) is 25.7 Å². The predicted molar refractivity (Wildman–Crippen MR) is 74.0 cm³/mol. The summed E-state index contributed by atoms with van der Waals surface area (Å²) in [6.07, 6.45) is 10.5. The van der Waals surface area contributed by atoms with E-state index >= 15 is 0 Å². The van der Waals surface area contributed by atoms with Gasteiger partial charge >= 0.3 is 0 Å². The van der Waals surface area contributed by atoms with E-state index in [1.165, 1.54) is 12.8 Å². The number of aryl methyl sites for hydroxylation is 1. The van der Waals surface area contributed by atoms with E-state index in [4.69, 9.17) is 4.74 Å². The minimum absolute atomic E-state index is 0.226. The van der Waals surface area contributed by atoms with Gasteiger partial charge in [0.15, 0.2) is 5.78 Å². The van der Waals surface area contributed by atoms with Crippen molar-refractivity contribution >= 4 is 5.78 Å². The summed E-state index contributed by atoms with van der Waals surface area (Å²) in [4.78, 5) is 12.7. The summed E-state index contributed by atoms with van der Waals surface area (Å²) in [5, 5.41) is 4.13. The Kier molecular flexibility index (Phi) is 4.75. The zero-order chi connectivity index (χ0) is 13.7. The largest absolute Gasteiger partial charge is 0.367 e. The van der Waals surface area contributed by atoms with Crippen molar-refractivity contribution in [3.8, 4) is 0 Å². The number of carbonyl (C=O) groups excluding carboxylic acids is 1. The summed E-state index contributed by atoms with van der Waals surface area (Å²) >= 11 is 0. The molecular weight excluding hydrogens is 240 g/mol. The topological polar surface area (TPSA) is 44.1 Å². The quantitative estimate of drug-likeness (QED) is 0.768. The van der Waals surface area contributed by atoms with Crippen LogP contribution < -0.4 is 0 Å². The molecule has 1 heterocycles. The highest BCUT2D eigenvalue weighted by Gasteiger charge is 2.38. The van der Waals surface area contributed by atoms with Crippen LogP contribution in [0.15, 0.2) is 12.4 Å². The van der Waals surface area contributed by atoms with Crippen molar-refractivity contribution in [1.29, 1.82) is 0 Å². The minimum Gasteiger partial charge on any atom is -0.367 e. The second-order valence-electron chi connectivity index (χ2n) is 5.46. The average Bonchev–Trinajstić information content (AvgIpc) is 2.65. The van der Waals surface area contributed by atoms with Gasteiger partial charge in [0.2, 0.25) is 0 Å². The molecule has 4 heteroatoms. The second-order valence-corrected chi connectivity index (χ2v) is 5.46. The smallest absolute Gasteiger partial charge is 0.169 e. The van der Waals surface area contributed by atoms with Crippen LogP contribution in [0.3, 0.4) is 0 Å². The third kappa shape index (κ3) is 3.44.